The zero-order valence-electron chi connectivity index (χ0n) is 10.5. The third-order valence-electron chi connectivity index (χ3n) is 2.77. The van der Waals surface area contributed by atoms with Crippen LogP contribution in [0.1, 0.15) is 39.7 Å². The second-order valence-corrected chi connectivity index (χ2v) is 4.27. The van der Waals surface area contributed by atoms with Gasteiger partial charge < -0.3 is 4.90 Å². The average molecular weight is 205 g/mol. The number of hydrogen-bond donors (Lipinski definition) is 0. The molecule has 0 atom stereocenters. The van der Waals surface area contributed by atoms with E-state index < -0.39 is 0 Å². The van der Waals surface area contributed by atoms with Gasteiger partial charge in [0.1, 0.15) is 0 Å². The first-order valence-electron chi connectivity index (χ1n) is 6.05. The van der Waals surface area contributed by atoms with Crippen LogP contribution < -0.4 is 4.90 Å². The SMILES string of the molecule is CCCN(c1ccccc1CC)C(C)C. The molecule has 0 fully saturated rings. The van der Waals surface area contributed by atoms with Gasteiger partial charge in [0.2, 0.25) is 0 Å². The molecule has 0 saturated carbocycles. The van der Waals surface area contributed by atoms with Gasteiger partial charge in [-0.2, -0.15) is 0 Å². The maximum Gasteiger partial charge on any atom is 0.0400 e. The van der Waals surface area contributed by atoms with E-state index in [9.17, 15) is 0 Å². The van der Waals surface area contributed by atoms with E-state index in [-0.39, 0.29) is 0 Å². The highest BCUT2D eigenvalue weighted by Crippen LogP contribution is 2.23. The number of para-hydroxylation sites is 1. The average Bonchev–Trinajstić information content (AvgIpc) is 2.25. The van der Waals surface area contributed by atoms with Crippen LogP contribution in [0.15, 0.2) is 24.3 Å². The summed E-state index contributed by atoms with van der Waals surface area (Å²) in [7, 11) is 0. The van der Waals surface area contributed by atoms with Crippen molar-refractivity contribution in [3.05, 3.63) is 29.8 Å². The maximum atomic E-state index is 2.50. The van der Waals surface area contributed by atoms with Crippen LogP contribution >= 0.6 is 0 Å². The summed E-state index contributed by atoms with van der Waals surface area (Å²) < 4.78 is 0. The van der Waals surface area contributed by atoms with Crippen LogP contribution in [-0.2, 0) is 6.42 Å². The Labute approximate surface area is 94.1 Å². The van der Waals surface area contributed by atoms with Crippen LogP contribution in [0.2, 0.25) is 0 Å². The molecule has 0 bridgehead atoms. The summed E-state index contributed by atoms with van der Waals surface area (Å²) in [5, 5.41) is 0. The maximum absolute atomic E-state index is 2.50. The van der Waals surface area contributed by atoms with E-state index in [4.69, 9.17) is 0 Å². The number of rotatable bonds is 5. The van der Waals surface area contributed by atoms with Crippen LogP contribution in [-0.4, -0.2) is 12.6 Å². The molecular weight excluding hydrogens is 182 g/mol. The number of nitrogens with zero attached hydrogens (tertiary/aromatic N) is 1. The zero-order valence-corrected chi connectivity index (χ0v) is 10.5. The fourth-order valence-electron chi connectivity index (χ4n) is 1.99. The highest BCUT2D eigenvalue weighted by Gasteiger charge is 2.11. The van der Waals surface area contributed by atoms with E-state index >= 15 is 0 Å². The number of anilines is 1. The van der Waals surface area contributed by atoms with Crippen molar-refractivity contribution in [2.24, 2.45) is 0 Å². The Bertz CT molecular complexity index is 291. The van der Waals surface area contributed by atoms with Crippen molar-refractivity contribution in [3.8, 4) is 0 Å². The van der Waals surface area contributed by atoms with E-state index in [0.717, 1.165) is 13.0 Å². The molecule has 0 aliphatic carbocycles. The Morgan fingerprint density at radius 3 is 2.33 bits per heavy atom. The van der Waals surface area contributed by atoms with Crippen molar-refractivity contribution in [2.75, 3.05) is 11.4 Å². The van der Waals surface area contributed by atoms with Gasteiger partial charge in [0.15, 0.2) is 0 Å². The summed E-state index contributed by atoms with van der Waals surface area (Å²) in [4.78, 5) is 2.50. The summed E-state index contributed by atoms with van der Waals surface area (Å²) in [5.74, 6) is 0. The summed E-state index contributed by atoms with van der Waals surface area (Å²) in [6.07, 6.45) is 2.32. The Hall–Kier alpha value is -0.980. The fraction of sp³-hybridized carbons (Fsp3) is 0.571. The topological polar surface area (TPSA) is 3.24 Å². The van der Waals surface area contributed by atoms with Crippen LogP contribution in [0.5, 0.6) is 0 Å². The van der Waals surface area contributed by atoms with Crippen molar-refractivity contribution in [1.29, 1.82) is 0 Å². The van der Waals surface area contributed by atoms with Crippen molar-refractivity contribution < 1.29 is 0 Å². The monoisotopic (exact) mass is 205 g/mol. The summed E-state index contributed by atoms with van der Waals surface area (Å²) in [5.41, 5.74) is 2.87. The third-order valence-corrected chi connectivity index (χ3v) is 2.77. The zero-order chi connectivity index (χ0) is 11.3. The minimum absolute atomic E-state index is 0.581. The predicted molar refractivity (Wildman–Crippen MR) is 68.6 cm³/mol. The van der Waals surface area contributed by atoms with Crippen molar-refractivity contribution in [1.82, 2.24) is 0 Å². The molecular formula is C14H23N. The molecule has 0 spiro atoms. The second-order valence-electron chi connectivity index (χ2n) is 4.27. The van der Waals surface area contributed by atoms with Gasteiger partial charge in [0.05, 0.1) is 0 Å². The molecule has 0 aliphatic heterocycles. The molecule has 0 aromatic heterocycles. The minimum Gasteiger partial charge on any atom is -0.369 e. The smallest absolute Gasteiger partial charge is 0.0400 e. The second kappa shape index (κ2) is 5.79. The molecule has 1 aromatic carbocycles. The first-order chi connectivity index (χ1) is 7.20. The molecule has 0 saturated heterocycles. The van der Waals surface area contributed by atoms with Crippen molar-refractivity contribution >= 4 is 5.69 Å². The minimum atomic E-state index is 0.581. The summed E-state index contributed by atoms with van der Waals surface area (Å²) in [6.45, 7) is 10.1. The van der Waals surface area contributed by atoms with Gasteiger partial charge in [0, 0.05) is 18.3 Å². The van der Waals surface area contributed by atoms with E-state index in [1.54, 1.807) is 0 Å². The van der Waals surface area contributed by atoms with Crippen LogP contribution in [0.25, 0.3) is 0 Å². The van der Waals surface area contributed by atoms with E-state index in [0.29, 0.717) is 6.04 Å². The van der Waals surface area contributed by atoms with Gasteiger partial charge in [-0.05, 0) is 38.3 Å². The van der Waals surface area contributed by atoms with Gasteiger partial charge >= 0.3 is 0 Å². The fourth-order valence-corrected chi connectivity index (χ4v) is 1.99. The quantitative estimate of drug-likeness (QED) is 0.705. The highest BCUT2D eigenvalue weighted by atomic mass is 15.1. The molecule has 1 nitrogen and oxygen atoms in total. The lowest BCUT2D eigenvalue weighted by atomic mass is 10.1. The molecule has 0 amide bonds. The number of aryl methyl sites for hydroxylation is 1. The summed E-state index contributed by atoms with van der Waals surface area (Å²) in [6, 6.07) is 9.33. The largest absolute Gasteiger partial charge is 0.369 e. The molecule has 15 heavy (non-hydrogen) atoms. The summed E-state index contributed by atoms with van der Waals surface area (Å²) >= 11 is 0. The highest BCUT2D eigenvalue weighted by molar-refractivity contribution is 5.54. The molecule has 84 valence electrons. The molecule has 1 rings (SSSR count). The van der Waals surface area contributed by atoms with Crippen molar-refractivity contribution in [2.45, 2.75) is 46.6 Å². The molecule has 1 heteroatoms. The molecule has 0 heterocycles. The van der Waals surface area contributed by atoms with Crippen molar-refractivity contribution in [3.63, 3.8) is 0 Å². The number of hydrogen-bond acceptors (Lipinski definition) is 1. The first-order valence-corrected chi connectivity index (χ1v) is 6.05. The molecule has 0 radical (unpaired) electrons. The van der Waals surface area contributed by atoms with Gasteiger partial charge in [0.25, 0.3) is 0 Å². The third kappa shape index (κ3) is 2.98. The normalized spacial score (nSPS) is 10.7. The van der Waals surface area contributed by atoms with Gasteiger partial charge in [-0.1, -0.05) is 32.0 Å². The predicted octanol–water partition coefficient (Wildman–Crippen LogP) is 3.87. The Kier molecular flexibility index (Phi) is 4.67. The van der Waals surface area contributed by atoms with Crippen LogP contribution in [0.3, 0.4) is 0 Å². The lowest BCUT2D eigenvalue weighted by Gasteiger charge is -2.30. The molecule has 0 N–H and O–H groups in total. The number of benzene rings is 1. The Morgan fingerprint density at radius 2 is 1.80 bits per heavy atom. The van der Waals surface area contributed by atoms with Gasteiger partial charge in [-0.25, -0.2) is 0 Å². The van der Waals surface area contributed by atoms with Gasteiger partial charge in [-0.3, -0.25) is 0 Å². The standard InChI is InChI=1S/C14H23N/c1-5-11-15(12(3)4)14-10-8-7-9-13(14)6-2/h7-10,12H,5-6,11H2,1-4H3. The first kappa shape index (κ1) is 12.1. The molecule has 1 aromatic rings. The lowest BCUT2D eigenvalue weighted by Crippen LogP contribution is -2.32. The van der Waals surface area contributed by atoms with E-state index in [2.05, 4.69) is 56.9 Å². The van der Waals surface area contributed by atoms with Crippen LogP contribution in [0.4, 0.5) is 5.69 Å². The molecule has 0 unspecified atom stereocenters. The Morgan fingerprint density at radius 1 is 1.13 bits per heavy atom. The van der Waals surface area contributed by atoms with Gasteiger partial charge in [-0.15, -0.1) is 0 Å². The Balaban J connectivity index is 2.98. The van der Waals surface area contributed by atoms with E-state index in [1.807, 2.05) is 0 Å². The van der Waals surface area contributed by atoms with E-state index in [1.165, 1.54) is 17.7 Å². The lowest BCUT2D eigenvalue weighted by molar-refractivity contribution is 0.668. The molecule has 0 aliphatic rings. The van der Waals surface area contributed by atoms with Crippen LogP contribution in [0, 0.1) is 0 Å².